The molecule has 0 aliphatic carbocycles. The van der Waals surface area contributed by atoms with E-state index in [-0.39, 0.29) is 6.42 Å². The second-order valence-corrected chi connectivity index (χ2v) is 2.56. The van der Waals surface area contributed by atoms with Crippen molar-refractivity contribution in [2.24, 2.45) is 5.73 Å². The van der Waals surface area contributed by atoms with Crippen molar-refractivity contribution < 1.29 is 19.4 Å². The fourth-order valence-electron chi connectivity index (χ4n) is 0.702. The van der Waals surface area contributed by atoms with Crippen molar-refractivity contribution in [1.29, 1.82) is 0 Å². The second-order valence-electron chi connectivity index (χ2n) is 2.56. The summed E-state index contributed by atoms with van der Waals surface area (Å²) < 4.78 is 4.11. The highest BCUT2D eigenvalue weighted by Gasteiger charge is 2.32. The normalized spacial score (nSPS) is 15.0. The van der Waals surface area contributed by atoms with E-state index in [9.17, 15) is 14.7 Å². The summed E-state index contributed by atoms with van der Waals surface area (Å²) in [5.41, 5.74) is 3.11. The van der Waals surface area contributed by atoms with Crippen molar-refractivity contribution in [3.8, 4) is 0 Å². The Morgan fingerprint density at radius 1 is 1.58 bits per heavy atom. The van der Waals surface area contributed by atoms with Crippen LogP contribution in [0.1, 0.15) is 26.7 Å². The van der Waals surface area contributed by atoms with E-state index in [2.05, 4.69) is 4.74 Å². The minimum atomic E-state index is -2.04. The maximum absolute atomic E-state index is 10.8. The first kappa shape index (κ1) is 11.1. The molecule has 5 nitrogen and oxygen atoms in total. The fraction of sp³-hybridized carbons (Fsp3) is 0.714. The van der Waals surface area contributed by atoms with Crippen LogP contribution in [0, 0.1) is 0 Å². The third-order valence-corrected chi connectivity index (χ3v) is 1.22. The zero-order valence-electron chi connectivity index (χ0n) is 7.16. The average Bonchev–Trinajstić information content (AvgIpc) is 1.85. The molecule has 0 amide bonds. The first-order valence-electron chi connectivity index (χ1n) is 3.64. The quantitative estimate of drug-likeness (QED) is 0.343. The third-order valence-electron chi connectivity index (χ3n) is 1.22. The maximum atomic E-state index is 10.8. The summed E-state index contributed by atoms with van der Waals surface area (Å²) in [5.74, 6) is -1.88. The van der Waals surface area contributed by atoms with E-state index in [1.165, 1.54) is 0 Å². The van der Waals surface area contributed by atoms with Crippen LogP contribution in [0.25, 0.3) is 0 Å². The smallest absolute Gasteiger partial charge is 0.361 e. The summed E-state index contributed by atoms with van der Waals surface area (Å²) in [7, 11) is 0. The van der Waals surface area contributed by atoms with Crippen molar-refractivity contribution in [1.82, 2.24) is 0 Å². The molecule has 0 aliphatic rings. The van der Waals surface area contributed by atoms with Crippen molar-refractivity contribution in [3.05, 3.63) is 0 Å². The van der Waals surface area contributed by atoms with Gasteiger partial charge in [-0.2, -0.15) is 0 Å². The molecule has 0 aromatic rings. The molecule has 0 saturated heterocycles. The van der Waals surface area contributed by atoms with Gasteiger partial charge in [0, 0.05) is 13.3 Å². The van der Waals surface area contributed by atoms with E-state index < -0.39 is 17.7 Å². The van der Waals surface area contributed by atoms with Crippen LogP contribution in [-0.2, 0) is 14.3 Å². The van der Waals surface area contributed by atoms with Crippen LogP contribution in [-0.4, -0.2) is 22.8 Å². The van der Waals surface area contributed by atoms with Crippen LogP contribution in [0.2, 0.25) is 0 Å². The summed E-state index contributed by atoms with van der Waals surface area (Å²) >= 11 is 0. The molecule has 0 aliphatic heterocycles. The highest BCUT2D eigenvalue weighted by atomic mass is 16.6. The zero-order chi connectivity index (χ0) is 9.78. The van der Waals surface area contributed by atoms with Gasteiger partial charge < -0.3 is 9.84 Å². The second kappa shape index (κ2) is 4.18. The predicted octanol–water partition coefficient (Wildman–Crippen LogP) is -0.477. The van der Waals surface area contributed by atoms with Crippen molar-refractivity contribution in [2.75, 3.05) is 0 Å². The Hall–Kier alpha value is -0.940. The van der Waals surface area contributed by atoms with Crippen LogP contribution in [0.15, 0.2) is 0 Å². The van der Waals surface area contributed by atoms with Gasteiger partial charge in [-0.1, -0.05) is 13.3 Å². The summed E-state index contributed by atoms with van der Waals surface area (Å²) in [6.45, 7) is 2.82. The molecular weight excluding hydrogens is 162 g/mol. The van der Waals surface area contributed by atoms with E-state index in [4.69, 9.17) is 5.73 Å². The Morgan fingerprint density at radius 2 is 2.08 bits per heavy atom. The summed E-state index contributed by atoms with van der Waals surface area (Å²) in [6, 6.07) is 0. The number of hydrogen-bond donors (Lipinski definition) is 2. The lowest BCUT2D eigenvalue weighted by molar-refractivity contribution is -0.173. The Morgan fingerprint density at radius 3 is 2.42 bits per heavy atom. The number of rotatable bonds is 3. The zero-order valence-corrected chi connectivity index (χ0v) is 7.16. The molecule has 5 heteroatoms. The lowest BCUT2D eigenvalue weighted by Gasteiger charge is -2.18. The molecule has 1 atom stereocenters. The molecule has 0 rings (SSSR count). The van der Waals surface area contributed by atoms with Gasteiger partial charge in [0.15, 0.2) is 0 Å². The van der Waals surface area contributed by atoms with Gasteiger partial charge in [0.25, 0.3) is 0 Å². The molecule has 0 bridgehead atoms. The fourth-order valence-corrected chi connectivity index (χ4v) is 0.702. The van der Waals surface area contributed by atoms with Gasteiger partial charge in [-0.05, 0) is 0 Å². The number of carbonyl (C=O) groups is 2. The number of nitrogens with two attached hydrogens (primary N) is 1. The molecule has 70 valence electrons. The summed E-state index contributed by atoms with van der Waals surface area (Å²) in [6.07, 6.45) is 0.596. The standard InChI is InChI=1S/C7H13NO4/c1-3-4-7(8,11)6(10)12-5(2)9/h11H,3-4,8H2,1-2H3. The molecule has 0 radical (unpaired) electrons. The van der Waals surface area contributed by atoms with Crippen LogP contribution >= 0.6 is 0 Å². The van der Waals surface area contributed by atoms with Gasteiger partial charge >= 0.3 is 11.9 Å². The van der Waals surface area contributed by atoms with Crippen molar-refractivity contribution >= 4 is 11.9 Å². The van der Waals surface area contributed by atoms with E-state index >= 15 is 0 Å². The molecule has 0 aromatic carbocycles. The van der Waals surface area contributed by atoms with E-state index in [0.29, 0.717) is 6.42 Å². The molecule has 3 N–H and O–H groups in total. The Balaban J connectivity index is 4.15. The minimum absolute atomic E-state index is 0.0686. The largest absolute Gasteiger partial charge is 0.390 e. The molecule has 0 fully saturated rings. The van der Waals surface area contributed by atoms with E-state index in [0.717, 1.165) is 6.92 Å². The van der Waals surface area contributed by atoms with Gasteiger partial charge in [0.2, 0.25) is 5.72 Å². The van der Waals surface area contributed by atoms with Crippen LogP contribution in [0.5, 0.6) is 0 Å². The highest BCUT2D eigenvalue weighted by Crippen LogP contribution is 2.07. The third kappa shape index (κ3) is 3.45. The number of carbonyl (C=O) groups excluding carboxylic acids is 2. The van der Waals surface area contributed by atoms with E-state index in [1.807, 2.05) is 0 Å². The van der Waals surface area contributed by atoms with Crippen molar-refractivity contribution in [2.45, 2.75) is 32.4 Å². The molecule has 0 saturated carbocycles. The van der Waals surface area contributed by atoms with Crippen LogP contribution < -0.4 is 5.73 Å². The molecule has 1 unspecified atom stereocenters. The topological polar surface area (TPSA) is 89.6 Å². The molecule has 0 heterocycles. The first-order valence-corrected chi connectivity index (χ1v) is 3.64. The Bertz CT molecular complexity index is 188. The average molecular weight is 175 g/mol. The minimum Gasteiger partial charge on any atom is -0.390 e. The van der Waals surface area contributed by atoms with Crippen LogP contribution in [0.3, 0.4) is 0 Å². The Labute approximate surface area is 70.5 Å². The van der Waals surface area contributed by atoms with Gasteiger partial charge in [-0.15, -0.1) is 0 Å². The summed E-state index contributed by atoms with van der Waals surface area (Å²) in [4.78, 5) is 21.1. The highest BCUT2D eigenvalue weighted by molar-refractivity contribution is 5.88. The first-order chi connectivity index (χ1) is 5.40. The molecular formula is C7H13NO4. The molecule has 0 spiro atoms. The number of hydrogen-bond acceptors (Lipinski definition) is 5. The summed E-state index contributed by atoms with van der Waals surface area (Å²) in [5, 5.41) is 9.18. The van der Waals surface area contributed by atoms with Gasteiger partial charge in [0.05, 0.1) is 0 Å². The van der Waals surface area contributed by atoms with Gasteiger partial charge in [-0.3, -0.25) is 10.5 Å². The van der Waals surface area contributed by atoms with Crippen LogP contribution in [0.4, 0.5) is 0 Å². The van der Waals surface area contributed by atoms with Crippen molar-refractivity contribution in [3.63, 3.8) is 0 Å². The van der Waals surface area contributed by atoms with Gasteiger partial charge in [-0.25, -0.2) is 4.79 Å². The van der Waals surface area contributed by atoms with Gasteiger partial charge in [0.1, 0.15) is 0 Å². The Kier molecular flexibility index (Phi) is 3.85. The lowest BCUT2D eigenvalue weighted by Crippen LogP contribution is -2.49. The number of ether oxygens (including phenoxy) is 1. The predicted molar refractivity (Wildman–Crippen MR) is 40.8 cm³/mol. The SMILES string of the molecule is CCCC(N)(O)C(=O)OC(C)=O. The molecule has 0 aromatic heterocycles. The van der Waals surface area contributed by atoms with E-state index in [1.54, 1.807) is 6.92 Å². The lowest BCUT2D eigenvalue weighted by atomic mass is 10.1. The monoisotopic (exact) mass is 175 g/mol. The maximum Gasteiger partial charge on any atom is 0.361 e. The number of esters is 2. The number of aliphatic hydroxyl groups is 1. The molecule has 12 heavy (non-hydrogen) atoms.